The van der Waals surface area contributed by atoms with Crippen molar-refractivity contribution >= 4 is 29.2 Å². The van der Waals surface area contributed by atoms with E-state index >= 15 is 0 Å². The Balaban J connectivity index is 1.46. The fourth-order valence-corrected chi connectivity index (χ4v) is 4.22. The molecule has 36 heavy (non-hydrogen) atoms. The minimum Gasteiger partial charge on any atom is -0.347 e. The zero-order valence-electron chi connectivity index (χ0n) is 19.0. The lowest BCUT2D eigenvalue weighted by molar-refractivity contribution is 0.0933. The molecule has 0 bridgehead atoms. The van der Waals surface area contributed by atoms with Crippen molar-refractivity contribution < 1.29 is 14.0 Å². The molecule has 182 valence electrons. The number of nitrogens with one attached hydrogen (secondary N) is 3. The molecule has 8 nitrogen and oxygen atoms in total. The zero-order chi connectivity index (χ0) is 25.1. The smallest absolute Gasteiger partial charge is 0.272 e. The van der Waals surface area contributed by atoms with E-state index in [4.69, 9.17) is 11.6 Å². The first-order chi connectivity index (χ1) is 17.5. The van der Waals surface area contributed by atoms with Gasteiger partial charge in [-0.2, -0.15) is 5.10 Å². The average molecular weight is 505 g/mol. The highest BCUT2D eigenvalue weighted by atomic mass is 35.5. The van der Waals surface area contributed by atoms with E-state index < -0.39 is 11.7 Å². The maximum Gasteiger partial charge on any atom is 0.272 e. The number of amides is 2. The molecule has 2 aromatic heterocycles. The fraction of sp³-hybridized carbons (Fsp3) is 0.154. The summed E-state index contributed by atoms with van der Waals surface area (Å²) >= 11 is 6.32. The van der Waals surface area contributed by atoms with E-state index in [0.29, 0.717) is 17.8 Å². The fourth-order valence-electron chi connectivity index (χ4n) is 4.01. The molecule has 3 heterocycles. The van der Waals surface area contributed by atoms with Crippen LogP contribution in [0.2, 0.25) is 5.02 Å². The topological polar surface area (TPSA) is 101 Å². The van der Waals surface area contributed by atoms with Crippen LogP contribution in [0.5, 0.6) is 0 Å². The molecule has 1 aliphatic heterocycles. The van der Waals surface area contributed by atoms with Crippen LogP contribution in [-0.4, -0.2) is 45.7 Å². The number of aromatic nitrogens is 3. The van der Waals surface area contributed by atoms with Crippen molar-refractivity contribution in [1.29, 1.82) is 0 Å². The Morgan fingerprint density at radius 3 is 2.64 bits per heavy atom. The van der Waals surface area contributed by atoms with Crippen molar-refractivity contribution in [3.63, 3.8) is 0 Å². The molecule has 0 aliphatic carbocycles. The van der Waals surface area contributed by atoms with Gasteiger partial charge in [0, 0.05) is 30.4 Å². The van der Waals surface area contributed by atoms with Gasteiger partial charge in [-0.1, -0.05) is 35.9 Å². The van der Waals surface area contributed by atoms with Crippen molar-refractivity contribution in [3.8, 4) is 16.9 Å². The second kappa shape index (κ2) is 10.3. The average Bonchev–Trinajstić information content (AvgIpc) is 3.55. The maximum absolute atomic E-state index is 14.3. The minimum absolute atomic E-state index is 0.0194. The standard InChI is InChI=1S/C26H22ClFN6O2/c27-20-9-8-16(24-21(28)7-4-11-30-24)13-19(20)25(35)32-23-14-22(26(36)31-17-10-12-29-15-17)33-34(23)18-5-2-1-3-6-18/h1-9,11,13-14,17,29H,10,12,15H2,(H,31,36)(H,32,35)/t17-/m1/s1. The van der Waals surface area contributed by atoms with Gasteiger partial charge in [-0.3, -0.25) is 14.6 Å². The number of nitrogens with zero attached hydrogens (tertiary/aromatic N) is 3. The summed E-state index contributed by atoms with van der Waals surface area (Å²) < 4.78 is 15.8. The predicted molar refractivity (Wildman–Crippen MR) is 135 cm³/mol. The van der Waals surface area contributed by atoms with Crippen LogP contribution in [0.25, 0.3) is 16.9 Å². The van der Waals surface area contributed by atoms with Gasteiger partial charge in [0.1, 0.15) is 17.3 Å². The number of pyridine rings is 1. The zero-order valence-corrected chi connectivity index (χ0v) is 19.8. The first kappa shape index (κ1) is 23.7. The summed E-state index contributed by atoms with van der Waals surface area (Å²) in [6.45, 7) is 1.54. The van der Waals surface area contributed by atoms with Crippen molar-refractivity contribution in [1.82, 2.24) is 25.4 Å². The molecule has 1 aliphatic rings. The number of para-hydroxylation sites is 1. The maximum atomic E-state index is 14.3. The SMILES string of the molecule is O=C(N[C@@H]1CCNC1)c1cc(NC(=O)c2cc(-c3ncccc3F)ccc2Cl)n(-c2ccccc2)n1. The second-order valence-electron chi connectivity index (χ2n) is 8.31. The van der Waals surface area contributed by atoms with Crippen LogP contribution in [0.3, 0.4) is 0 Å². The molecule has 0 unspecified atom stereocenters. The lowest BCUT2D eigenvalue weighted by atomic mass is 10.1. The quantitative estimate of drug-likeness (QED) is 0.367. The molecule has 3 N–H and O–H groups in total. The van der Waals surface area contributed by atoms with Crippen molar-refractivity contribution in [2.75, 3.05) is 18.4 Å². The molecule has 0 radical (unpaired) electrons. The third kappa shape index (κ3) is 4.98. The number of hydrogen-bond donors (Lipinski definition) is 3. The summed E-state index contributed by atoms with van der Waals surface area (Å²) in [4.78, 5) is 30.2. The Morgan fingerprint density at radius 1 is 1.06 bits per heavy atom. The van der Waals surface area contributed by atoms with E-state index in [0.717, 1.165) is 13.0 Å². The highest BCUT2D eigenvalue weighted by Gasteiger charge is 2.23. The van der Waals surface area contributed by atoms with Crippen LogP contribution < -0.4 is 16.0 Å². The first-order valence-corrected chi connectivity index (χ1v) is 11.8. The van der Waals surface area contributed by atoms with Crippen molar-refractivity contribution in [3.05, 3.63) is 95.0 Å². The number of carbonyl (C=O) groups is 2. The molecular formula is C26H22ClFN6O2. The molecule has 2 amide bonds. The van der Waals surface area contributed by atoms with Gasteiger partial charge in [-0.05, 0) is 49.4 Å². The van der Waals surface area contributed by atoms with Gasteiger partial charge in [-0.25, -0.2) is 9.07 Å². The second-order valence-corrected chi connectivity index (χ2v) is 8.72. The summed E-state index contributed by atoms with van der Waals surface area (Å²) in [5.41, 5.74) is 1.46. The normalized spacial score (nSPS) is 15.0. The Bertz CT molecular complexity index is 1420. The molecule has 5 rings (SSSR count). The van der Waals surface area contributed by atoms with Crippen LogP contribution >= 0.6 is 11.6 Å². The molecule has 1 atom stereocenters. The van der Waals surface area contributed by atoms with E-state index in [1.54, 1.807) is 6.07 Å². The van der Waals surface area contributed by atoms with Gasteiger partial charge in [0.15, 0.2) is 5.69 Å². The summed E-state index contributed by atoms with van der Waals surface area (Å²) in [5, 5.41) is 13.6. The van der Waals surface area contributed by atoms with E-state index in [2.05, 4.69) is 26.0 Å². The minimum atomic E-state index is -0.540. The molecule has 0 spiro atoms. The summed E-state index contributed by atoms with van der Waals surface area (Å²) in [6.07, 6.45) is 2.31. The number of rotatable bonds is 6. The molecule has 2 aromatic carbocycles. The van der Waals surface area contributed by atoms with Crippen LogP contribution in [0, 0.1) is 5.82 Å². The summed E-state index contributed by atoms with van der Waals surface area (Å²) in [7, 11) is 0. The monoisotopic (exact) mass is 504 g/mol. The van der Waals surface area contributed by atoms with Crippen LogP contribution in [0.1, 0.15) is 27.3 Å². The van der Waals surface area contributed by atoms with E-state index in [1.807, 2.05) is 30.3 Å². The highest BCUT2D eigenvalue weighted by Crippen LogP contribution is 2.27. The molecule has 10 heteroatoms. The summed E-state index contributed by atoms with van der Waals surface area (Å²) in [5.74, 6) is -1.10. The summed E-state index contributed by atoms with van der Waals surface area (Å²) in [6, 6.07) is 18.0. The number of carbonyl (C=O) groups excluding carboxylic acids is 2. The van der Waals surface area contributed by atoms with Gasteiger partial charge >= 0.3 is 0 Å². The van der Waals surface area contributed by atoms with Gasteiger partial charge in [0.05, 0.1) is 16.3 Å². The Hall–Kier alpha value is -4.08. The van der Waals surface area contributed by atoms with Crippen LogP contribution in [0.4, 0.5) is 10.2 Å². The Kier molecular flexibility index (Phi) is 6.75. The molecule has 0 saturated carbocycles. The predicted octanol–water partition coefficient (Wildman–Crippen LogP) is 4.07. The van der Waals surface area contributed by atoms with Gasteiger partial charge in [-0.15, -0.1) is 0 Å². The lowest BCUT2D eigenvalue weighted by Crippen LogP contribution is -2.36. The van der Waals surface area contributed by atoms with E-state index in [1.165, 1.54) is 41.2 Å². The van der Waals surface area contributed by atoms with E-state index in [9.17, 15) is 14.0 Å². The largest absolute Gasteiger partial charge is 0.347 e. The number of halogens is 2. The van der Waals surface area contributed by atoms with Gasteiger partial charge < -0.3 is 16.0 Å². The first-order valence-electron chi connectivity index (χ1n) is 11.4. The van der Waals surface area contributed by atoms with Gasteiger partial charge in [0.25, 0.3) is 11.8 Å². The van der Waals surface area contributed by atoms with Crippen molar-refractivity contribution in [2.24, 2.45) is 0 Å². The molecule has 4 aromatic rings. The highest BCUT2D eigenvalue weighted by molar-refractivity contribution is 6.34. The van der Waals surface area contributed by atoms with Crippen LogP contribution in [0.15, 0.2) is 72.9 Å². The van der Waals surface area contributed by atoms with E-state index in [-0.39, 0.29) is 39.7 Å². The number of anilines is 1. The Morgan fingerprint density at radius 2 is 1.89 bits per heavy atom. The lowest BCUT2D eigenvalue weighted by Gasteiger charge is -2.11. The molecule has 1 fully saturated rings. The third-order valence-corrected chi connectivity index (χ3v) is 6.15. The third-order valence-electron chi connectivity index (χ3n) is 5.82. The van der Waals surface area contributed by atoms with Crippen molar-refractivity contribution in [2.45, 2.75) is 12.5 Å². The molecular weight excluding hydrogens is 483 g/mol. The Labute approximate surface area is 211 Å². The van der Waals surface area contributed by atoms with Gasteiger partial charge in [0.2, 0.25) is 0 Å². The van der Waals surface area contributed by atoms with Crippen LogP contribution in [-0.2, 0) is 0 Å². The number of benzene rings is 2. The number of hydrogen-bond acceptors (Lipinski definition) is 5. The molecule has 1 saturated heterocycles.